The first-order valence-electron chi connectivity index (χ1n) is 16.3. The van der Waals surface area contributed by atoms with Crippen LogP contribution in [0.2, 0.25) is 0 Å². The third kappa shape index (κ3) is 6.56. The van der Waals surface area contributed by atoms with E-state index in [2.05, 4.69) is 0 Å². The van der Waals surface area contributed by atoms with Gasteiger partial charge in [0.05, 0.1) is 23.5 Å². The number of benzene rings is 3. The first-order chi connectivity index (χ1) is 23.3. The molecule has 10 nitrogen and oxygen atoms in total. The lowest BCUT2D eigenvalue weighted by Gasteiger charge is -2.43. The lowest BCUT2D eigenvalue weighted by Crippen LogP contribution is -2.56. The van der Waals surface area contributed by atoms with Crippen molar-refractivity contribution in [2.24, 2.45) is 0 Å². The van der Waals surface area contributed by atoms with Crippen LogP contribution >= 0.6 is 0 Å². The summed E-state index contributed by atoms with van der Waals surface area (Å²) < 4.78 is 58.8. The van der Waals surface area contributed by atoms with Crippen LogP contribution in [0.15, 0.2) is 72.9 Å². The molecule has 49 heavy (non-hydrogen) atoms. The maximum Gasteiger partial charge on any atom is 0.422 e. The Morgan fingerprint density at radius 3 is 2.33 bits per heavy atom. The fourth-order valence-electron chi connectivity index (χ4n) is 7.54. The molecule has 5 atom stereocenters. The number of alkyl halides is 3. The number of fused-ring (bicyclic) bond motifs is 3. The summed E-state index contributed by atoms with van der Waals surface area (Å²) >= 11 is 0. The Morgan fingerprint density at radius 2 is 1.73 bits per heavy atom. The van der Waals surface area contributed by atoms with Crippen molar-refractivity contribution in [3.63, 3.8) is 0 Å². The smallest absolute Gasteiger partial charge is 0.422 e. The lowest BCUT2D eigenvalue weighted by molar-refractivity contribution is -0.384. The highest BCUT2D eigenvalue weighted by molar-refractivity contribution is 5.87. The lowest BCUT2D eigenvalue weighted by atomic mass is 9.89. The number of aliphatic hydroxyl groups is 1. The van der Waals surface area contributed by atoms with Crippen LogP contribution < -0.4 is 9.47 Å². The van der Waals surface area contributed by atoms with Crippen molar-refractivity contribution in [3.05, 3.63) is 99.7 Å². The first-order valence-corrected chi connectivity index (χ1v) is 16.3. The molecule has 4 aromatic rings. The molecule has 2 aliphatic rings. The van der Waals surface area contributed by atoms with Gasteiger partial charge in [-0.15, -0.1) is 0 Å². The number of carbonyl (C=O) groups is 1. The number of methoxy groups -OCH3 is 1. The number of halogens is 3. The van der Waals surface area contributed by atoms with Crippen molar-refractivity contribution in [2.45, 2.75) is 81.5 Å². The van der Waals surface area contributed by atoms with E-state index in [-0.39, 0.29) is 46.9 Å². The maximum atomic E-state index is 15.1. The summed E-state index contributed by atoms with van der Waals surface area (Å²) in [5.74, 6) is -0.832. The number of nitro benzene ring substituents is 1. The van der Waals surface area contributed by atoms with Crippen LogP contribution in [-0.2, 0) is 16.9 Å². The van der Waals surface area contributed by atoms with E-state index < -0.39 is 35.1 Å². The molecule has 3 aromatic carbocycles. The zero-order chi connectivity index (χ0) is 35.1. The molecule has 0 radical (unpaired) electrons. The molecule has 0 aliphatic carbocycles. The number of aromatic nitrogens is 1. The van der Waals surface area contributed by atoms with Crippen molar-refractivity contribution in [1.29, 1.82) is 0 Å². The van der Waals surface area contributed by atoms with Crippen LogP contribution in [0.25, 0.3) is 10.9 Å². The molecule has 2 fully saturated rings. The molecule has 2 bridgehead atoms. The van der Waals surface area contributed by atoms with Crippen LogP contribution in [0, 0.1) is 10.1 Å². The number of nitro groups is 1. The topological polar surface area (TPSA) is 127 Å². The minimum Gasteiger partial charge on any atom is -0.493 e. The highest BCUT2D eigenvalue weighted by Crippen LogP contribution is 2.47. The molecule has 2 saturated heterocycles. The SMILES string of the molecule is CCC(C(=O)O)c1ccc(O[C@@H]2C[C@H]3CC[C@@H](C2)N3CC(O)(c2cn(Cc3ccccc3)c3cc([N+](=O)[O-])ccc23)C(F)(F)F)c(OC)c1. The maximum absolute atomic E-state index is 15.1. The second-order valence-electron chi connectivity index (χ2n) is 13.0. The number of carboxylic acids is 1. The predicted molar refractivity (Wildman–Crippen MR) is 175 cm³/mol. The fraction of sp³-hybridized carbons (Fsp3) is 0.417. The second-order valence-corrected chi connectivity index (χ2v) is 13.0. The summed E-state index contributed by atoms with van der Waals surface area (Å²) in [7, 11) is 1.47. The summed E-state index contributed by atoms with van der Waals surface area (Å²) in [4.78, 5) is 24.4. The predicted octanol–water partition coefficient (Wildman–Crippen LogP) is 7.01. The molecule has 260 valence electrons. The van der Waals surface area contributed by atoms with E-state index in [1.54, 1.807) is 42.2 Å². The van der Waals surface area contributed by atoms with Crippen molar-refractivity contribution in [1.82, 2.24) is 9.47 Å². The Hall–Kier alpha value is -4.62. The highest BCUT2D eigenvalue weighted by Gasteiger charge is 2.59. The molecular formula is C36H38F3N3O7. The van der Waals surface area contributed by atoms with Gasteiger partial charge in [0, 0.05) is 54.5 Å². The Balaban J connectivity index is 1.28. The average molecular weight is 682 g/mol. The molecule has 0 spiro atoms. The van der Waals surface area contributed by atoms with E-state index in [9.17, 15) is 25.1 Å². The highest BCUT2D eigenvalue weighted by atomic mass is 19.4. The summed E-state index contributed by atoms with van der Waals surface area (Å²) in [5.41, 5.74) is -2.29. The van der Waals surface area contributed by atoms with E-state index in [4.69, 9.17) is 9.47 Å². The average Bonchev–Trinajstić information content (AvgIpc) is 3.53. The Kier molecular flexibility index (Phi) is 9.34. The van der Waals surface area contributed by atoms with E-state index in [0.29, 0.717) is 49.2 Å². The molecule has 0 amide bonds. The number of hydrogen-bond acceptors (Lipinski definition) is 7. The van der Waals surface area contributed by atoms with Gasteiger partial charge in [-0.3, -0.25) is 19.8 Å². The van der Waals surface area contributed by atoms with Crippen molar-refractivity contribution in [3.8, 4) is 11.5 Å². The van der Waals surface area contributed by atoms with Crippen LogP contribution in [0.4, 0.5) is 18.9 Å². The minimum atomic E-state index is -5.06. The molecule has 2 N–H and O–H groups in total. The number of rotatable bonds is 12. The molecule has 6 rings (SSSR count). The Morgan fingerprint density at radius 1 is 1.04 bits per heavy atom. The zero-order valence-electron chi connectivity index (χ0n) is 27.1. The molecule has 2 aliphatic heterocycles. The van der Waals surface area contributed by atoms with Gasteiger partial charge in [0.1, 0.15) is 6.10 Å². The van der Waals surface area contributed by atoms with Gasteiger partial charge in [-0.1, -0.05) is 43.3 Å². The zero-order valence-corrected chi connectivity index (χ0v) is 27.1. The summed E-state index contributed by atoms with van der Waals surface area (Å²) in [6.07, 6.45) is -1.61. The van der Waals surface area contributed by atoms with Crippen molar-refractivity contribution < 1.29 is 42.6 Å². The number of nitrogens with zero attached hydrogens (tertiary/aromatic N) is 3. The fourth-order valence-corrected chi connectivity index (χ4v) is 7.54. The van der Waals surface area contributed by atoms with Gasteiger partial charge in [0.2, 0.25) is 5.60 Å². The van der Waals surface area contributed by atoms with E-state index in [1.165, 1.54) is 30.0 Å². The second kappa shape index (κ2) is 13.4. The molecule has 13 heteroatoms. The summed E-state index contributed by atoms with van der Waals surface area (Å²) in [5, 5.41) is 33.0. The van der Waals surface area contributed by atoms with Gasteiger partial charge < -0.3 is 24.3 Å². The Labute approximate surface area is 280 Å². The number of piperidine rings is 1. The normalized spacial score (nSPS) is 21.3. The van der Waals surface area contributed by atoms with Gasteiger partial charge in [-0.2, -0.15) is 13.2 Å². The third-order valence-corrected chi connectivity index (χ3v) is 10.0. The quantitative estimate of drug-likeness (QED) is 0.121. The molecular weight excluding hydrogens is 643 g/mol. The van der Waals surface area contributed by atoms with Gasteiger partial charge in [-0.25, -0.2) is 0 Å². The number of carboxylic acid groups (broad SMARTS) is 1. The summed E-state index contributed by atoms with van der Waals surface area (Å²) in [6.45, 7) is 1.24. The van der Waals surface area contributed by atoms with E-state index in [1.807, 2.05) is 18.2 Å². The third-order valence-electron chi connectivity index (χ3n) is 10.0. The van der Waals surface area contributed by atoms with Crippen LogP contribution in [0.1, 0.15) is 61.6 Å². The molecule has 3 heterocycles. The number of aliphatic carboxylic acids is 1. The monoisotopic (exact) mass is 681 g/mol. The largest absolute Gasteiger partial charge is 0.493 e. The molecule has 1 aromatic heterocycles. The van der Waals surface area contributed by atoms with Gasteiger partial charge in [-0.05, 0) is 61.4 Å². The minimum absolute atomic E-state index is 0.0932. The van der Waals surface area contributed by atoms with Gasteiger partial charge in [0.25, 0.3) is 5.69 Å². The van der Waals surface area contributed by atoms with Crippen molar-refractivity contribution >= 4 is 22.6 Å². The number of non-ortho nitro benzene ring substituents is 1. The number of hydrogen-bond donors (Lipinski definition) is 2. The number of ether oxygens (including phenoxy) is 2. The summed E-state index contributed by atoms with van der Waals surface area (Å²) in [6, 6.07) is 17.1. The van der Waals surface area contributed by atoms with Crippen LogP contribution in [-0.4, -0.2) is 68.6 Å². The van der Waals surface area contributed by atoms with Gasteiger partial charge in [0.15, 0.2) is 11.5 Å². The Bertz CT molecular complexity index is 1830. The molecule has 2 unspecified atom stereocenters. The van der Waals surface area contributed by atoms with Crippen LogP contribution in [0.5, 0.6) is 11.5 Å². The van der Waals surface area contributed by atoms with Crippen molar-refractivity contribution in [2.75, 3.05) is 13.7 Å². The first kappa shape index (κ1) is 34.3. The van der Waals surface area contributed by atoms with E-state index >= 15 is 13.2 Å². The van der Waals surface area contributed by atoms with Gasteiger partial charge >= 0.3 is 12.1 Å². The van der Waals surface area contributed by atoms with E-state index in [0.717, 1.165) is 11.6 Å². The standard InChI is InChI=1S/C36H38F3N3O7/c1-3-28(34(43)44)23-9-14-32(33(15-23)48-2)49-27-16-24-10-11-25(17-27)41(24)21-35(45,36(37,38)39)30-20-40(19-22-7-5-4-6-8-22)31-18-26(42(46)47)12-13-29(30)31/h4-9,12-15,18,20,24-25,27-28,45H,3,10-11,16-17,19,21H2,1-2H3,(H,43,44)/t24-,25+,27-,28?,35?. The van der Waals surface area contributed by atoms with Crippen LogP contribution in [0.3, 0.4) is 0 Å². The molecule has 0 saturated carbocycles.